The van der Waals surface area contributed by atoms with E-state index in [9.17, 15) is 13.2 Å². The van der Waals surface area contributed by atoms with Gasteiger partial charge >= 0.3 is 0 Å². The molecule has 0 radical (unpaired) electrons. The predicted octanol–water partition coefficient (Wildman–Crippen LogP) is 1.41. The van der Waals surface area contributed by atoms with E-state index in [0.717, 1.165) is 21.6 Å². The molecule has 0 aromatic heterocycles. The molecule has 1 N–H and O–H groups in total. The van der Waals surface area contributed by atoms with Gasteiger partial charge in [-0.1, -0.05) is 48.0 Å². The molecule has 7 heteroatoms. The zero-order valence-corrected chi connectivity index (χ0v) is 19.1. The summed E-state index contributed by atoms with van der Waals surface area (Å²) in [7, 11) is -1.67. The van der Waals surface area contributed by atoms with E-state index < -0.39 is 10.0 Å². The molecule has 0 bridgehead atoms. The van der Waals surface area contributed by atoms with E-state index in [4.69, 9.17) is 0 Å². The third-order valence-electron chi connectivity index (χ3n) is 6.04. The normalized spacial score (nSPS) is 16.9. The first kappa shape index (κ1) is 22.5. The molecule has 162 valence electrons. The van der Waals surface area contributed by atoms with Crippen molar-refractivity contribution >= 4 is 15.9 Å². The molecule has 30 heavy (non-hydrogen) atoms. The highest BCUT2D eigenvalue weighted by Gasteiger charge is 2.32. The number of carbonyl (C=O) groups is 1. The maximum Gasteiger partial charge on any atom is 0.278 e. The summed E-state index contributed by atoms with van der Waals surface area (Å²) < 4.78 is 27.6. The Bertz CT molecular complexity index is 984. The number of amides is 1. The standard InChI is InChI=1S/C23H31N3O3S/c1-18-10-11-22(19(2)16-18)30(28,29)26-14-12-25(13-15-26)17-23(27)24(4)20(3)21-8-6-5-7-9-21/h5-11,16,20H,12-15,17H2,1-4H3/p+1/t20-/m1/s1. The molecule has 1 aliphatic rings. The first-order chi connectivity index (χ1) is 14.2. The minimum Gasteiger partial charge on any atom is -0.334 e. The molecular weight excluding hydrogens is 398 g/mol. The molecule has 2 aromatic rings. The number of quaternary nitrogens is 1. The number of nitrogens with zero attached hydrogens (tertiary/aromatic N) is 2. The van der Waals surface area contributed by atoms with Gasteiger partial charge < -0.3 is 9.80 Å². The van der Waals surface area contributed by atoms with Gasteiger partial charge in [-0.25, -0.2) is 8.42 Å². The number of benzene rings is 2. The highest BCUT2D eigenvalue weighted by atomic mass is 32.2. The van der Waals surface area contributed by atoms with E-state index in [2.05, 4.69) is 0 Å². The lowest BCUT2D eigenvalue weighted by molar-refractivity contribution is -0.896. The molecular formula is C23H32N3O3S+. The predicted molar refractivity (Wildman–Crippen MR) is 118 cm³/mol. The van der Waals surface area contributed by atoms with Gasteiger partial charge in [-0.15, -0.1) is 0 Å². The van der Waals surface area contributed by atoms with Gasteiger partial charge in [0.1, 0.15) is 0 Å². The van der Waals surface area contributed by atoms with Crippen molar-refractivity contribution in [1.82, 2.24) is 9.21 Å². The zero-order valence-electron chi connectivity index (χ0n) is 18.3. The van der Waals surface area contributed by atoms with E-state index in [1.807, 2.05) is 70.3 Å². The van der Waals surface area contributed by atoms with Crippen LogP contribution >= 0.6 is 0 Å². The van der Waals surface area contributed by atoms with Crippen molar-refractivity contribution < 1.29 is 18.1 Å². The average molecular weight is 431 g/mol. The van der Waals surface area contributed by atoms with Crippen molar-refractivity contribution in [3.05, 3.63) is 65.2 Å². The van der Waals surface area contributed by atoms with E-state index in [1.54, 1.807) is 15.3 Å². The van der Waals surface area contributed by atoms with E-state index >= 15 is 0 Å². The lowest BCUT2D eigenvalue weighted by Gasteiger charge is -2.33. The second kappa shape index (κ2) is 9.29. The van der Waals surface area contributed by atoms with E-state index in [1.165, 1.54) is 0 Å². The molecule has 1 heterocycles. The number of aryl methyl sites for hydroxylation is 2. The molecule has 0 aliphatic carbocycles. The summed E-state index contributed by atoms with van der Waals surface area (Å²) in [6, 6.07) is 15.4. The SMILES string of the molecule is Cc1ccc(S(=O)(=O)N2CC[NH+](CC(=O)N(C)[C@H](C)c3ccccc3)CC2)c(C)c1. The van der Waals surface area contributed by atoms with Crippen molar-refractivity contribution in [2.45, 2.75) is 31.7 Å². The van der Waals surface area contributed by atoms with Crippen molar-refractivity contribution in [3.8, 4) is 0 Å². The Hall–Kier alpha value is -2.22. The Morgan fingerprint density at radius 3 is 2.33 bits per heavy atom. The van der Waals surface area contributed by atoms with Gasteiger partial charge in [-0.05, 0) is 38.0 Å². The number of sulfonamides is 1. The molecule has 0 spiro atoms. The van der Waals surface area contributed by atoms with Crippen LogP contribution in [0.25, 0.3) is 0 Å². The number of hydrogen-bond acceptors (Lipinski definition) is 3. The first-order valence-electron chi connectivity index (χ1n) is 10.4. The quantitative estimate of drug-likeness (QED) is 0.754. The molecule has 6 nitrogen and oxygen atoms in total. The number of carbonyl (C=O) groups excluding carboxylic acids is 1. The Balaban J connectivity index is 1.58. The summed E-state index contributed by atoms with van der Waals surface area (Å²) in [5.74, 6) is 0.0760. The van der Waals surface area contributed by atoms with Gasteiger partial charge in [0.25, 0.3) is 5.91 Å². The van der Waals surface area contributed by atoms with Crippen LogP contribution in [0.2, 0.25) is 0 Å². The van der Waals surface area contributed by atoms with Crippen LogP contribution < -0.4 is 4.90 Å². The summed E-state index contributed by atoms with van der Waals surface area (Å²) in [6.07, 6.45) is 0. The van der Waals surface area contributed by atoms with Crippen molar-refractivity contribution in [2.75, 3.05) is 39.8 Å². The highest BCUT2D eigenvalue weighted by molar-refractivity contribution is 7.89. The number of piperazine rings is 1. The van der Waals surface area contributed by atoms with Crippen molar-refractivity contribution in [3.63, 3.8) is 0 Å². The summed E-state index contributed by atoms with van der Waals surface area (Å²) >= 11 is 0. The third kappa shape index (κ3) is 4.91. The Morgan fingerprint density at radius 2 is 1.73 bits per heavy atom. The van der Waals surface area contributed by atoms with Gasteiger partial charge in [0.2, 0.25) is 10.0 Å². The van der Waals surface area contributed by atoms with Crippen molar-refractivity contribution in [2.24, 2.45) is 0 Å². The van der Waals surface area contributed by atoms with Crippen LogP contribution in [0, 0.1) is 13.8 Å². The minimum absolute atomic E-state index is 0.00396. The second-order valence-corrected chi connectivity index (χ2v) is 10.1. The third-order valence-corrected chi connectivity index (χ3v) is 8.09. The van der Waals surface area contributed by atoms with E-state index in [0.29, 0.717) is 37.6 Å². The lowest BCUT2D eigenvalue weighted by Crippen LogP contribution is -3.15. The Kier molecular flexibility index (Phi) is 6.95. The van der Waals surface area contributed by atoms with Crippen LogP contribution in [-0.2, 0) is 14.8 Å². The summed E-state index contributed by atoms with van der Waals surface area (Å²) in [6.45, 7) is 8.31. The maximum absolute atomic E-state index is 13.0. The topological polar surface area (TPSA) is 62.1 Å². The molecule has 2 aromatic carbocycles. The fourth-order valence-corrected chi connectivity index (χ4v) is 5.60. The number of rotatable bonds is 6. The average Bonchev–Trinajstić information content (AvgIpc) is 2.73. The minimum atomic E-state index is -3.50. The Labute approximate surface area is 180 Å². The smallest absolute Gasteiger partial charge is 0.278 e. The van der Waals surface area contributed by atoms with Gasteiger partial charge in [0.15, 0.2) is 6.54 Å². The largest absolute Gasteiger partial charge is 0.334 e. The van der Waals surface area contributed by atoms with Crippen LogP contribution in [0.5, 0.6) is 0 Å². The molecule has 3 rings (SSSR count). The Morgan fingerprint density at radius 1 is 1.10 bits per heavy atom. The molecule has 0 saturated carbocycles. The van der Waals surface area contributed by atoms with Gasteiger partial charge in [-0.2, -0.15) is 4.31 Å². The van der Waals surface area contributed by atoms with Crippen LogP contribution in [0.4, 0.5) is 0 Å². The van der Waals surface area contributed by atoms with Crippen LogP contribution in [0.15, 0.2) is 53.4 Å². The van der Waals surface area contributed by atoms with Gasteiger partial charge in [0, 0.05) is 7.05 Å². The lowest BCUT2D eigenvalue weighted by atomic mass is 10.1. The summed E-state index contributed by atoms with van der Waals surface area (Å²) in [5, 5.41) is 0. The second-order valence-electron chi connectivity index (χ2n) is 8.19. The molecule has 1 saturated heterocycles. The summed E-state index contributed by atoms with van der Waals surface area (Å²) in [4.78, 5) is 16.1. The molecule has 1 fully saturated rings. The fourth-order valence-electron chi connectivity index (χ4n) is 3.96. The summed E-state index contributed by atoms with van der Waals surface area (Å²) in [5.41, 5.74) is 2.93. The molecule has 1 aliphatic heterocycles. The van der Waals surface area contributed by atoms with Crippen molar-refractivity contribution in [1.29, 1.82) is 0 Å². The zero-order chi connectivity index (χ0) is 21.9. The van der Waals surface area contributed by atoms with Crippen LogP contribution in [0.3, 0.4) is 0 Å². The molecule has 1 amide bonds. The number of hydrogen-bond donors (Lipinski definition) is 1. The fraction of sp³-hybridized carbons (Fsp3) is 0.435. The number of likely N-dealkylation sites (N-methyl/N-ethyl adjacent to an activating group) is 1. The monoisotopic (exact) mass is 430 g/mol. The van der Waals surface area contributed by atoms with Crippen LogP contribution in [-0.4, -0.2) is 63.3 Å². The number of nitrogens with one attached hydrogen (secondary N) is 1. The molecule has 1 atom stereocenters. The maximum atomic E-state index is 13.0. The first-order valence-corrected chi connectivity index (χ1v) is 11.9. The molecule has 0 unspecified atom stereocenters. The van der Waals surface area contributed by atoms with Gasteiger partial charge in [0.05, 0.1) is 37.1 Å². The highest BCUT2D eigenvalue weighted by Crippen LogP contribution is 2.21. The van der Waals surface area contributed by atoms with Crippen LogP contribution in [0.1, 0.15) is 29.7 Å². The van der Waals surface area contributed by atoms with E-state index in [-0.39, 0.29) is 11.9 Å². The van der Waals surface area contributed by atoms with Gasteiger partial charge in [-0.3, -0.25) is 4.79 Å².